The lowest BCUT2D eigenvalue weighted by Gasteiger charge is -2.12. The van der Waals surface area contributed by atoms with Gasteiger partial charge in [-0.15, -0.1) is 11.3 Å². The van der Waals surface area contributed by atoms with Crippen molar-refractivity contribution in [2.75, 3.05) is 10.6 Å². The van der Waals surface area contributed by atoms with Gasteiger partial charge in [0.1, 0.15) is 6.54 Å². The van der Waals surface area contributed by atoms with Crippen LogP contribution in [0.1, 0.15) is 18.4 Å². The van der Waals surface area contributed by atoms with Crippen LogP contribution in [0.25, 0.3) is 10.7 Å². The standard InChI is InChI=1S/C19H19N5O2S2/c1-11-4-7-13(20-18(26)12-5-6-12)9-14(11)21-16(25)10-24-17(22-23-19(24)27)15-3-2-8-28-15/h2-4,7-9,12H,5-6,10H2,1H3,(H,20,26)(H,21,25)(H,23,27). The van der Waals surface area contributed by atoms with E-state index in [2.05, 4.69) is 20.8 Å². The first-order valence-corrected chi connectivity index (χ1v) is 10.2. The fourth-order valence-corrected chi connectivity index (χ4v) is 3.73. The van der Waals surface area contributed by atoms with Crippen molar-refractivity contribution in [3.8, 4) is 10.7 Å². The third kappa shape index (κ3) is 4.05. The van der Waals surface area contributed by atoms with E-state index in [9.17, 15) is 9.59 Å². The predicted octanol–water partition coefficient (Wildman–Crippen LogP) is 3.96. The Kier molecular flexibility index (Phi) is 5.10. The number of aryl methyl sites for hydroxylation is 1. The van der Waals surface area contributed by atoms with Gasteiger partial charge in [0.2, 0.25) is 11.8 Å². The summed E-state index contributed by atoms with van der Waals surface area (Å²) < 4.78 is 2.06. The third-order valence-corrected chi connectivity index (χ3v) is 5.71. The van der Waals surface area contributed by atoms with E-state index in [4.69, 9.17) is 12.2 Å². The van der Waals surface area contributed by atoms with Crippen molar-refractivity contribution >= 4 is 46.7 Å². The summed E-state index contributed by atoms with van der Waals surface area (Å²) in [5.74, 6) is 0.575. The molecule has 0 atom stereocenters. The lowest BCUT2D eigenvalue weighted by atomic mass is 10.1. The van der Waals surface area contributed by atoms with Crippen molar-refractivity contribution in [1.29, 1.82) is 0 Å². The second kappa shape index (κ2) is 7.69. The molecule has 1 aliphatic carbocycles. The van der Waals surface area contributed by atoms with Crippen LogP contribution in [-0.4, -0.2) is 26.6 Å². The summed E-state index contributed by atoms with van der Waals surface area (Å²) in [7, 11) is 0. The SMILES string of the molecule is Cc1ccc(NC(=O)C2CC2)cc1NC(=O)Cn1c(-c2cccs2)n[nH]c1=S. The number of hydrogen-bond donors (Lipinski definition) is 3. The molecule has 3 N–H and O–H groups in total. The van der Waals surface area contributed by atoms with Crippen molar-refractivity contribution in [3.05, 3.63) is 46.0 Å². The Morgan fingerprint density at radius 3 is 2.86 bits per heavy atom. The van der Waals surface area contributed by atoms with Gasteiger partial charge in [0.05, 0.1) is 4.88 Å². The van der Waals surface area contributed by atoms with Crippen LogP contribution in [0.15, 0.2) is 35.7 Å². The molecule has 3 aromatic rings. The number of anilines is 2. The van der Waals surface area contributed by atoms with Crippen molar-refractivity contribution < 1.29 is 9.59 Å². The molecule has 28 heavy (non-hydrogen) atoms. The molecule has 9 heteroatoms. The molecule has 0 radical (unpaired) electrons. The van der Waals surface area contributed by atoms with Gasteiger partial charge in [0.15, 0.2) is 10.6 Å². The molecule has 1 fully saturated rings. The van der Waals surface area contributed by atoms with Gasteiger partial charge in [-0.1, -0.05) is 12.1 Å². The van der Waals surface area contributed by atoms with Crippen molar-refractivity contribution in [2.45, 2.75) is 26.3 Å². The van der Waals surface area contributed by atoms with E-state index in [0.29, 0.717) is 22.0 Å². The van der Waals surface area contributed by atoms with Gasteiger partial charge < -0.3 is 10.6 Å². The first-order valence-electron chi connectivity index (χ1n) is 8.91. The van der Waals surface area contributed by atoms with Crippen LogP contribution in [0.2, 0.25) is 0 Å². The maximum absolute atomic E-state index is 12.7. The number of nitrogens with one attached hydrogen (secondary N) is 3. The number of H-pyrrole nitrogens is 1. The number of rotatable bonds is 6. The summed E-state index contributed by atoms with van der Waals surface area (Å²) in [5.41, 5.74) is 2.25. The van der Waals surface area contributed by atoms with E-state index in [-0.39, 0.29) is 24.3 Å². The first-order chi connectivity index (χ1) is 13.5. The van der Waals surface area contributed by atoms with Crippen molar-refractivity contribution in [2.24, 2.45) is 5.92 Å². The van der Waals surface area contributed by atoms with Crippen LogP contribution in [0.4, 0.5) is 11.4 Å². The highest BCUT2D eigenvalue weighted by Gasteiger charge is 2.29. The minimum absolute atomic E-state index is 0.0337. The van der Waals surface area contributed by atoms with E-state index in [1.165, 1.54) is 11.3 Å². The molecule has 144 valence electrons. The number of benzene rings is 1. The quantitative estimate of drug-likeness (QED) is 0.533. The number of aromatic nitrogens is 3. The Labute approximate surface area is 170 Å². The van der Waals surface area contributed by atoms with E-state index < -0.39 is 0 Å². The zero-order chi connectivity index (χ0) is 19.7. The zero-order valence-electron chi connectivity index (χ0n) is 15.2. The minimum Gasteiger partial charge on any atom is -0.326 e. The summed E-state index contributed by atoms with van der Waals surface area (Å²) in [6.07, 6.45) is 1.89. The van der Waals surface area contributed by atoms with Gasteiger partial charge in [-0.2, -0.15) is 5.10 Å². The lowest BCUT2D eigenvalue weighted by molar-refractivity contribution is -0.117. The number of carbonyl (C=O) groups excluding carboxylic acids is 2. The molecule has 2 heterocycles. The largest absolute Gasteiger partial charge is 0.326 e. The molecular formula is C19H19N5O2S2. The Balaban J connectivity index is 1.49. The molecule has 2 aromatic heterocycles. The molecule has 0 spiro atoms. The number of hydrogen-bond acceptors (Lipinski definition) is 5. The zero-order valence-corrected chi connectivity index (χ0v) is 16.8. The second-order valence-electron chi connectivity index (χ2n) is 6.76. The van der Waals surface area contributed by atoms with Crippen molar-refractivity contribution in [3.63, 3.8) is 0 Å². The molecule has 1 saturated carbocycles. The summed E-state index contributed by atoms with van der Waals surface area (Å²) in [6, 6.07) is 9.35. The fraction of sp³-hybridized carbons (Fsp3) is 0.263. The number of nitrogens with zero attached hydrogens (tertiary/aromatic N) is 2. The van der Waals surface area contributed by atoms with Crippen molar-refractivity contribution in [1.82, 2.24) is 14.8 Å². The molecule has 1 aromatic carbocycles. The Hall–Kier alpha value is -2.78. The van der Waals surface area contributed by atoms with Gasteiger partial charge >= 0.3 is 0 Å². The fourth-order valence-electron chi connectivity index (χ4n) is 2.82. The minimum atomic E-state index is -0.218. The average Bonchev–Trinajstić information content (AvgIpc) is 3.27. The summed E-state index contributed by atoms with van der Waals surface area (Å²) in [6.45, 7) is 1.95. The van der Waals surface area contributed by atoms with Crippen LogP contribution >= 0.6 is 23.6 Å². The van der Waals surface area contributed by atoms with E-state index in [0.717, 1.165) is 23.3 Å². The lowest BCUT2D eigenvalue weighted by Crippen LogP contribution is -2.20. The summed E-state index contributed by atoms with van der Waals surface area (Å²) >= 11 is 6.81. The smallest absolute Gasteiger partial charge is 0.244 e. The maximum atomic E-state index is 12.7. The van der Waals surface area contributed by atoms with E-state index in [1.807, 2.05) is 36.6 Å². The molecule has 0 unspecified atom stereocenters. The topological polar surface area (TPSA) is 91.8 Å². The molecule has 0 aliphatic heterocycles. The Morgan fingerprint density at radius 1 is 1.32 bits per heavy atom. The molecule has 7 nitrogen and oxygen atoms in total. The number of aromatic amines is 1. The molecule has 0 saturated heterocycles. The van der Waals surface area contributed by atoms with Gasteiger partial charge in [-0.25, -0.2) is 0 Å². The summed E-state index contributed by atoms with van der Waals surface area (Å²) in [4.78, 5) is 25.6. The molecule has 1 aliphatic rings. The molecular weight excluding hydrogens is 394 g/mol. The van der Waals surface area contributed by atoms with Crippen LogP contribution in [0.5, 0.6) is 0 Å². The second-order valence-corrected chi connectivity index (χ2v) is 8.09. The van der Waals surface area contributed by atoms with Gasteiger partial charge in [-0.05, 0) is 61.1 Å². The third-order valence-electron chi connectivity index (χ3n) is 4.53. The maximum Gasteiger partial charge on any atom is 0.244 e. The van der Waals surface area contributed by atoms with E-state index >= 15 is 0 Å². The van der Waals surface area contributed by atoms with Gasteiger partial charge in [-0.3, -0.25) is 19.3 Å². The van der Waals surface area contributed by atoms with Crippen LogP contribution < -0.4 is 10.6 Å². The Morgan fingerprint density at radius 2 is 2.14 bits per heavy atom. The van der Waals surface area contributed by atoms with Crippen LogP contribution in [-0.2, 0) is 16.1 Å². The van der Waals surface area contributed by atoms with Crippen LogP contribution in [0.3, 0.4) is 0 Å². The molecule has 0 bridgehead atoms. The first kappa shape index (κ1) is 18.6. The molecule has 4 rings (SSSR count). The van der Waals surface area contributed by atoms with Gasteiger partial charge in [0.25, 0.3) is 0 Å². The highest BCUT2D eigenvalue weighted by Crippen LogP contribution is 2.31. The predicted molar refractivity (Wildman–Crippen MR) is 112 cm³/mol. The average molecular weight is 414 g/mol. The molecule has 2 amide bonds. The van der Waals surface area contributed by atoms with Gasteiger partial charge in [0, 0.05) is 17.3 Å². The highest BCUT2D eigenvalue weighted by molar-refractivity contribution is 7.71. The number of amides is 2. The highest BCUT2D eigenvalue weighted by atomic mass is 32.1. The monoisotopic (exact) mass is 413 g/mol. The number of carbonyl (C=O) groups is 2. The summed E-state index contributed by atoms with van der Waals surface area (Å²) in [5, 5.41) is 14.7. The van der Waals surface area contributed by atoms with E-state index in [1.54, 1.807) is 10.6 Å². The van der Waals surface area contributed by atoms with Crippen LogP contribution in [0, 0.1) is 17.6 Å². The normalized spacial score (nSPS) is 13.3. The number of thiophene rings is 1. The Bertz CT molecular complexity index is 1080.